The van der Waals surface area contributed by atoms with Crippen LogP contribution in [0.4, 0.5) is 0 Å². The van der Waals surface area contributed by atoms with E-state index in [9.17, 15) is 8.42 Å². The lowest BCUT2D eigenvalue weighted by Gasteiger charge is -2.27. The summed E-state index contributed by atoms with van der Waals surface area (Å²) in [6.07, 6.45) is 2.61. The largest absolute Gasteiger partial charge is 0.313 e. The highest BCUT2D eigenvalue weighted by Gasteiger charge is 2.26. The maximum Gasteiger partial charge on any atom is 0.215 e. The Morgan fingerprint density at radius 1 is 1.19 bits per heavy atom. The highest BCUT2D eigenvalue weighted by Crippen LogP contribution is 2.21. The molecule has 21 heavy (non-hydrogen) atoms. The molecule has 2 N–H and O–H groups in total. The van der Waals surface area contributed by atoms with Gasteiger partial charge in [-0.1, -0.05) is 38.1 Å². The van der Waals surface area contributed by atoms with E-state index < -0.39 is 15.3 Å². The molecule has 0 saturated heterocycles. The zero-order valence-electron chi connectivity index (χ0n) is 13.1. The van der Waals surface area contributed by atoms with Crippen molar-refractivity contribution in [1.29, 1.82) is 0 Å². The molecular weight excluding hydrogens is 284 g/mol. The van der Waals surface area contributed by atoms with Crippen molar-refractivity contribution in [3.05, 3.63) is 35.4 Å². The fourth-order valence-electron chi connectivity index (χ4n) is 2.66. The summed E-state index contributed by atoms with van der Waals surface area (Å²) in [7, 11) is -3.27. The van der Waals surface area contributed by atoms with E-state index in [1.54, 1.807) is 6.92 Å². The molecule has 2 unspecified atom stereocenters. The van der Waals surface area contributed by atoms with Crippen molar-refractivity contribution in [2.45, 2.75) is 57.4 Å². The first kappa shape index (κ1) is 16.5. The second-order valence-electron chi connectivity index (χ2n) is 6.24. The average Bonchev–Trinajstić information content (AvgIpc) is 2.44. The fraction of sp³-hybridized carbons (Fsp3) is 0.625. The predicted octanol–water partition coefficient (Wildman–Crippen LogP) is 1.85. The standard InChI is InChI=1S/C16H26N2O2S/c1-12(2)17-11-13(3)21(19,20)18-16-9-8-14-6-4-5-7-15(14)10-16/h4-7,12-13,16-18H,8-11H2,1-3H3. The van der Waals surface area contributed by atoms with Gasteiger partial charge in [0.2, 0.25) is 10.0 Å². The summed E-state index contributed by atoms with van der Waals surface area (Å²) >= 11 is 0. The highest BCUT2D eigenvalue weighted by molar-refractivity contribution is 7.90. The smallest absolute Gasteiger partial charge is 0.215 e. The number of aryl methyl sites for hydroxylation is 1. The van der Waals surface area contributed by atoms with Crippen molar-refractivity contribution >= 4 is 10.0 Å². The minimum atomic E-state index is -3.27. The molecule has 2 rings (SSSR count). The van der Waals surface area contributed by atoms with Gasteiger partial charge in [-0.15, -0.1) is 0 Å². The number of benzene rings is 1. The third-order valence-electron chi connectivity index (χ3n) is 4.02. The molecular formula is C16H26N2O2S. The Balaban J connectivity index is 1.95. The maximum absolute atomic E-state index is 12.4. The molecule has 0 heterocycles. The number of sulfonamides is 1. The summed E-state index contributed by atoms with van der Waals surface area (Å²) in [5.41, 5.74) is 2.62. The van der Waals surface area contributed by atoms with Crippen molar-refractivity contribution in [2.24, 2.45) is 0 Å². The molecule has 5 heteroatoms. The Bertz CT molecular complexity index is 569. The van der Waals surface area contributed by atoms with Crippen LogP contribution in [0.2, 0.25) is 0 Å². The molecule has 1 aromatic rings. The third-order valence-corrected chi connectivity index (χ3v) is 5.91. The van der Waals surface area contributed by atoms with Gasteiger partial charge in [-0.2, -0.15) is 0 Å². The summed E-state index contributed by atoms with van der Waals surface area (Å²) in [4.78, 5) is 0. The van der Waals surface area contributed by atoms with Crippen LogP contribution in [-0.2, 0) is 22.9 Å². The first-order chi connectivity index (χ1) is 9.88. The summed E-state index contributed by atoms with van der Waals surface area (Å²) in [5, 5.41) is 2.77. The number of rotatable bonds is 6. The normalized spacial score (nSPS) is 20.3. The van der Waals surface area contributed by atoms with Gasteiger partial charge < -0.3 is 5.32 Å². The summed E-state index contributed by atoms with van der Waals surface area (Å²) in [6.45, 7) is 6.28. The van der Waals surface area contributed by atoms with E-state index in [1.807, 2.05) is 26.0 Å². The molecule has 1 aliphatic rings. The molecule has 0 amide bonds. The maximum atomic E-state index is 12.4. The van der Waals surface area contributed by atoms with Gasteiger partial charge in [0.25, 0.3) is 0 Å². The lowest BCUT2D eigenvalue weighted by atomic mass is 9.89. The molecule has 0 aliphatic heterocycles. The average molecular weight is 310 g/mol. The van der Waals surface area contributed by atoms with E-state index in [0.29, 0.717) is 12.6 Å². The van der Waals surface area contributed by atoms with E-state index in [4.69, 9.17) is 0 Å². The molecule has 0 saturated carbocycles. The topological polar surface area (TPSA) is 58.2 Å². The van der Waals surface area contributed by atoms with Crippen molar-refractivity contribution in [3.8, 4) is 0 Å². The van der Waals surface area contributed by atoms with Crippen molar-refractivity contribution < 1.29 is 8.42 Å². The molecule has 0 aromatic heterocycles. The van der Waals surface area contributed by atoms with Gasteiger partial charge in [-0.05, 0) is 37.3 Å². The minimum absolute atomic E-state index is 0.0198. The molecule has 0 spiro atoms. The van der Waals surface area contributed by atoms with Gasteiger partial charge in [0.15, 0.2) is 0 Å². The molecule has 0 fully saturated rings. The van der Waals surface area contributed by atoms with Crippen LogP contribution < -0.4 is 10.0 Å². The fourth-order valence-corrected chi connectivity index (χ4v) is 3.87. The Morgan fingerprint density at radius 3 is 2.52 bits per heavy atom. The van der Waals surface area contributed by atoms with Crippen LogP contribution in [0.1, 0.15) is 38.3 Å². The summed E-state index contributed by atoms with van der Waals surface area (Å²) in [6, 6.07) is 8.61. The first-order valence-corrected chi connectivity index (χ1v) is 9.24. The number of fused-ring (bicyclic) bond motifs is 1. The van der Waals surface area contributed by atoms with Crippen LogP contribution in [0.3, 0.4) is 0 Å². The van der Waals surface area contributed by atoms with E-state index in [2.05, 4.69) is 22.2 Å². The molecule has 1 aromatic carbocycles. The van der Waals surface area contributed by atoms with Gasteiger partial charge in [-0.25, -0.2) is 13.1 Å². The van der Waals surface area contributed by atoms with E-state index >= 15 is 0 Å². The van der Waals surface area contributed by atoms with Crippen LogP contribution in [-0.4, -0.2) is 32.3 Å². The lowest BCUT2D eigenvalue weighted by molar-refractivity contribution is 0.494. The zero-order chi connectivity index (χ0) is 15.5. The van der Waals surface area contributed by atoms with Crippen LogP contribution in [0, 0.1) is 0 Å². The molecule has 0 radical (unpaired) electrons. The molecule has 0 bridgehead atoms. The molecule has 1 aliphatic carbocycles. The van der Waals surface area contributed by atoms with Gasteiger partial charge in [-0.3, -0.25) is 0 Å². The van der Waals surface area contributed by atoms with Crippen molar-refractivity contribution in [2.75, 3.05) is 6.54 Å². The predicted molar refractivity (Wildman–Crippen MR) is 86.9 cm³/mol. The Kier molecular flexibility index (Phi) is 5.41. The van der Waals surface area contributed by atoms with Gasteiger partial charge in [0.05, 0.1) is 5.25 Å². The summed E-state index contributed by atoms with van der Waals surface area (Å²) in [5.74, 6) is 0. The monoisotopic (exact) mass is 310 g/mol. The van der Waals surface area contributed by atoms with E-state index in [0.717, 1.165) is 19.3 Å². The van der Waals surface area contributed by atoms with Crippen molar-refractivity contribution in [3.63, 3.8) is 0 Å². The Hall–Kier alpha value is -0.910. The molecule has 2 atom stereocenters. The van der Waals surface area contributed by atoms with Crippen LogP contribution >= 0.6 is 0 Å². The third kappa shape index (κ3) is 4.53. The van der Waals surface area contributed by atoms with Crippen LogP contribution in [0.5, 0.6) is 0 Å². The van der Waals surface area contributed by atoms with Crippen LogP contribution in [0.15, 0.2) is 24.3 Å². The van der Waals surface area contributed by atoms with Crippen LogP contribution in [0.25, 0.3) is 0 Å². The second kappa shape index (κ2) is 6.90. The first-order valence-electron chi connectivity index (χ1n) is 7.70. The van der Waals surface area contributed by atoms with Gasteiger partial charge in [0, 0.05) is 18.6 Å². The van der Waals surface area contributed by atoms with E-state index in [-0.39, 0.29) is 6.04 Å². The molecule has 118 valence electrons. The van der Waals surface area contributed by atoms with Crippen molar-refractivity contribution in [1.82, 2.24) is 10.0 Å². The Morgan fingerprint density at radius 2 is 1.86 bits per heavy atom. The van der Waals surface area contributed by atoms with Gasteiger partial charge in [0.1, 0.15) is 0 Å². The SMILES string of the molecule is CC(C)NCC(C)S(=O)(=O)NC1CCc2ccccc2C1. The number of hydrogen-bond donors (Lipinski definition) is 2. The highest BCUT2D eigenvalue weighted by atomic mass is 32.2. The zero-order valence-corrected chi connectivity index (χ0v) is 13.9. The Labute approximate surface area is 128 Å². The van der Waals surface area contributed by atoms with E-state index in [1.165, 1.54) is 11.1 Å². The van der Waals surface area contributed by atoms with Gasteiger partial charge >= 0.3 is 0 Å². The molecule has 4 nitrogen and oxygen atoms in total. The second-order valence-corrected chi connectivity index (χ2v) is 8.38. The minimum Gasteiger partial charge on any atom is -0.313 e. The quantitative estimate of drug-likeness (QED) is 0.843. The number of nitrogens with one attached hydrogen (secondary N) is 2. The summed E-state index contributed by atoms with van der Waals surface area (Å²) < 4.78 is 27.6. The number of hydrogen-bond acceptors (Lipinski definition) is 3. The lowest BCUT2D eigenvalue weighted by Crippen LogP contribution is -2.46.